The zero-order valence-corrected chi connectivity index (χ0v) is 14.2. The van der Waals surface area contributed by atoms with Crippen molar-refractivity contribution in [1.82, 2.24) is 0 Å². The Morgan fingerprint density at radius 2 is 2.09 bits per heavy atom. The summed E-state index contributed by atoms with van der Waals surface area (Å²) in [6.07, 6.45) is 9.43. The molecule has 0 heterocycles. The first kappa shape index (κ1) is 16.4. The third kappa shape index (κ3) is 2.57. The third-order valence-corrected chi connectivity index (χ3v) is 6.01. The number of carbonyl (C=O) groups is 2. The van der Waals surface area contributed by atoms with Crippen molar-refractivity contribution >= 4 is 11.8 Å². The van der Waals surface area contributed by atoms with Gasteiger partial charge in [0.2, 0.25) is 0 Å². The first-order valence-electron chi connectivity index (χ1n) is 8.54. The number of hydrogen-bond donors (Lipinski definition) is 0. The Kier molecular flexibility index (Phi) is 4.45. The summed E-state index contributed by atoms with van der Waals surface area (Å²) in [6, 6.07) is 0. The molecule has 0 spiro atoms. The number of rotatable bonds is 3. The number of allylic oxidation sites excluding steroid dienone is 2. The molecule has 0 radical (unpaired) electrons. The zero-order valence-electron chi connectivity index (χ0n) is 14.2. The fourth-order valence-corrected chi connectivity index (χ4v) is 4.74. The van der Waals surface area contributed by atoms with Crippen molar-refractivity contribution in [3.8, 4) is 0 Å². The van der Waals surface area contributed by atoms with E-state index in [2.05, 4.69) is 19.1 Å². The lowest BCUT2D eigenvalue weighted by Gasteiger charge is -2.33. The van der Waals surface area contributed by atoms with Crippen molar-refractivity contribution in [3.63, 3.8) is 0 Å². The van der Waals surface area contributed by atoms with Crippen molar-refractivity contribution in [2.45, 2.75) is 32.6 Å². The molecule has 3 aliphatic rings. The monoisotopic (exact) mass is 318 g/mol. The first-order chi connectivity index (χ1) is 11.0. The molecule has 4 nitrogen and oxygen atoms in total. The molecule has 0 unspecified atom stereocenters. The summed E-state index contributed by atoms with van der Waals surface area (Å²) in [6.45, 7) is 2.87. The van der Waals surface area contributed by atoms with E-state index in [1.807, 2.05) is 6.08 Å². The molecule has 0 bridgehead atoms. The van der Waals surface area contributed by atoms with Crippen LogP contribution in [0.2, 0.25) is 0 Å². The highest BCUT2D eigenvalue weighted by atomic mass is 16.5. The summed E-state index contributed by atoms with van der Waals surface area (Å²) in [4.78, 5) is 25.0. The average molecular weight is 318 g/mol. The summed E-state index contributed by atoms with van der Waals surface area (Å²) < 4.78 is 10.5. The van der Waals surface area contributed by atoms with Crippen LogP contribution < -0.4 is 0 Å². The maximum absolute atomic E-state index is 12.6. The highest BCUT2D eigenvalue weighted by Gasteiger charge is 2.53. The summed E-state index contributed by atoms with van der Waals surface area (Å²) in [7, 11) is 3.13. The Morgan fingerprint density at radius 3 is 2.78 bits per heavy atom. The minimum absolute atomic E-state index is 0.142. The molecular weight excluding hydrogens is 292 g/mol. The lowest BCUT2D eigenvalue weighted by Crippen LogP contribution is -2.37. The van der Waals surface area contributed by atoms with Crippen LogP contribution in [0, 0.1) is 29.1 Å². The van der Waals surface area contributed by atoms with Crippen LogP contribution in [0.1, 0.15) is 32.6 Å². The molecule has 0 amide bonds. The third-order valence-electron chi connectivity index (χ3n) is 6.01. The van der Waals surface area contributed by atoms with E-state index in [9.17, 15) is 9.59 Å². The highest BCUT2D eigenvalue weighted by molar-refractivity contribution is 5.95. The van der Waals surface area contributed by atoms with Crippen molar-refractivity contribution in [2.24, 2.45) is 29.1 Å². The molecule has 0 aromatic heterocycles. The number of fused-ring (bicyclic) bond motifs is 2. The molecular formula is C19H26O4. The van der Waals surface area contributed by atoms with Crippen LogP contribution in [0.5, 0.6) is 0 Å². The standard InChI is InChI=1S/C19H26O4/c1-12-4-6-14-13(11-22-2)5-7-16-17(20)8-9-19(16,10-15(12)14)18(21)23-3/h5,7,10,12-14,16H,4,6,8-9,11H2,1-3H3/b7-5-,15-10-/t12-,13-,14+,16+,19-/m1/s1. The topological polar surface area (TPSA) is 52.6 Å². The molecule has 0 saturated heterocycles. The second kappa shape index (κ2) is 6.23. The summed E-state index contributed by atoms with van der Waals surface area (Å²) in [5, 5.41) is 0. The fourth-order valence-electron chi connectivity index (χ4n) is 4.74. The minimum Gasteiger partial charge on any atom is -0.468 e. The summed E-state index contributed by atoms with van der Waals surface area (Å²) in [5.74, 6) is 0.608. The average Bonchev–Trinajstić information content (AvgIpc) is 3.03. The lowest BCUT2D eigenvalue weighted by atomic mass is 9.70. The van der Waals surface area contributed by atoms with Gasteiger partial charge in [0.1, 0.15) is 5.78 Å². The van der Waals surface area contributed by atoms with Gasteiger partial charge in [-0.2, -0.15) is 0 Å². The Balaban J connectivity index is 2.10. The summed E-state index contributed by atoms with van der Waals surface area (Å²) in [5.41, 5.74) is 0.522. The summed E-state index contributed by atoms with van der Waals surface area (Å²) >= 11 is 0. The number of Topliss-reactive ketones (excluding diaryl/α,β-unsaturated/α-hetero) is 1. The van der Waals surface area contributed by atoms with E-state index >= 15 is 0 Å². The van der Waals surface area contributed by atoms with Gasteiger partial charge in [-0.15, -0.1) is 0 Å². The van der Waals surface area contributed by atoms with Crippen LogP contribution in [-0.2, 0) is 19.1 Å². The van der Waals surface area contributed by atoms with Crippen LogP contribution in [0.15, 0.2) is 23.8 Å². The van der Waals surface area contributed by atoms with Gasteiger partial charge >= 0.3 is 5.97 Å². The van der Waals surface area contributed by atoms with Gasteiger partial charge in [0.25, 0.3) is 0 Å². The second-order valence-electron chi connectivity index (χ2n) is 7.21. The smallest absolute Gasteiger partial charge is 0.316 e. The van der Waals surface area contributed by atoms with Gasteiger partial charge in [0, 0.05) is 19.4 Å². The van der Waals surface area contributed by atoms with E-state index in [4.69, 9.17) is 9.47 Å². The van der Waals surface area contributed by atoms with E-state index in [-0.39, 0.29) is 17.7 Å². The molecule has 3 aliphatic carbocycles. The van der Waals surface area contributed by atoms with Crippen molar-refractivity contribution in [1.29, 1.82) is 0 Å². The zero-order chi connectivity index (χ0) is 16.6. The van der Waals surface area contributed by atoms with Crippen LogP contribution in [0.25, 0.3) is 0 Å². The van der Waals surface area contributed by atoms with E-state index in [1.165, 1.54) is 12.7 Å². The lowest BCUT2D eigenvalue weighted by molar-refractivity contribution is -0.152. The maximum Gasteiger partial charge on any atom is 0.316 e. The van der Waals surface area contributed by atoms with Crippen molar-refractivity contribution < 1.29 is 19.1 Å². The van der Waals surface area contributed by atoms with Crippen LogP contribution >= 0.6 is 0 Å². The molecule has 2 saturated carbocycles. The predicted molar refractivity (Wildman–Crippen MR) is 86.7 cm³/mol. The quantitative estimate of drug-likeness (QED) is 0.593. The van der Waals surface area contributed by atoms with E-state index in [1.54, 1.807) is 7.11 Å². The molecule has 0 aromatic rings. The molecule has 4 heteroatoms. The van der Waals surface area contributed by atoms with E-state index < -0.39 is 11.3 Å². The number of hydrogen-bond acceptors (Lipinski definition) is 4. The predicted octanol–water partition coefficient (Wildman–Crippen LogP) is 2.93. The first-order valence-corrected chi connectivity index (χ1v) is 8.54. The Hall–Kier alpha value is -1.42. The molecule has 0 aliphatic heterocycles. The fraction of sp³-hybridized carbons (Fsp3) is 0.684. The Morgan fingerprint density at radius 1 is 1.30 bits per heavy atom. The van der Waals surface area contributed by atoms with Gasteiger partial charge in [-0.1, -0.05) is 30.7 Å². The van der Waals surface area contributed by atoms with Gasteiger partial charge < -0.3 is 9.47 Å². The SMILES string of the molecule is COC[C@H]1/C=C\[C@H]2C(=O)CC[C@@]2(C(=O)OC)/C=C2/[C@H](C)CC[C@H]21. The highest BCUT2D eigenvalue weighted by Crippen LogP contribution is 2.51. The maximum atomic E-state index is 12.6. The van der Waals surface area contributed by atoms with Crippen molar-refractivity contribution in [3.05, 3.63) is 23.8 Å². The minimum atomic E-state index is -0.799. The van der Waals surface area contributed by atoms with Gasteiger partial charge in [-0.3, -0.25) is 9.59 Å². The number of esters is 1. The van der Waals surface area contributed by atoms with Crippen molar-refractivity contribution in [2.75, 3.05) is 20.8 Å². The molecule has 126 valence electrons. The van der Waals surface area contributed by atoms with Crippen LogP contribution in [0.3, 0.4) is 0 Å². The van der Waals surface area contributed by atoms with Gasteiger partial charge in [0.15, 0.2) is 0 Å². The molecule has 3 rings (SSSR count). The number of methoxy groups -OCH3 is 2. The normalized spacial score (nSPS) is 42.9. The van der Waals surface area contributed by atoms with E-state index in [0.29, 0.717) is 31.3 Å². The molecule has 0 N–H and O–H groups in total. The van der Waals surface area contributed by atoms with Gasteiger partial charge in [-0.05, 0) is 31.1 Å². The molecule has 5 atom stereocenters. The molecule has 0 aromatic carbocycles. The molecule has 2 fully saturated rings. The van der Waals surface area contributed by atoms with Gasteiger partial charge in [-0.25, -0.2) is 0 Å². The van der Waals surface area contributed by atoms with E-state index in [0.717, 1.165) is 12.8 Å². The largest absolute Gasteiger partial charge is 0.468 e. The number of ketones is 1. The van der Waals surface area contributed by atoms with Crippen LogP contribution in [-0.4, -0.2) is 32.6 Å². The number of carbonyl (C=O) groups excluding carboxylic acids is 2. The Bertz CT molecular complexity index is 562. The Labute approximate surface area is 137 Å². The second-order valence-corrected chi connectivity index (χ2v) is 7.21. The number of ether oxygens (including phenoxy) is 2. The molecule has 23 heavy (non-hydrogen) atoms. The van der Waals surface area contributed by atoms with Crippen LogP contribution in [0.4, 0.5) is 0 Å². The van der Waals surface area contributed by atoms with Gasteiger partial charge in [0.05, 0.1) is 25.0 Å².